The van der Waals surface area contributed by atoms with Crippen molar-refractivity contribution >= 4 is 30.9 Å². The molecule has 28 heavy (non-hydrogen) atoms. The van der Waals surface area contributed by atoms with Crippen molar-refractivity contribution in [2.75, 3.05) is 12.3 Å². The fourth-order valence-corrected chi connectivity index (χ4v) is 4.17. The van der Waals surface area contributed by atoms with Crippen molar-refractivity contribution in [2.45, 2.75) is 44.3 Å². The maximum atomic E-state index is 12.1. The van der Waals surface area contributed by atoms with Crippen molar-refractivity contribution in [1.82, 2.24) is 19.5 Å². The molecule has 13 nitrogen and oxygen atoms in total. The normalized spacial score (nSPS) is 32.4. The van der Waals surface area contributed by atoms with Crippen molar-refractivity contribution in [1.29, 1.82) is 0 Å². The summed E-state index contributed by atoms with van der Waals surface area (Å²) in [6, 6.07) is 0. The molecule has 0 bridgehead atoms. The number of nitrogen functional groups attached to an aromatic ring is 1. The summed E-state index contributed by atoms with van der Waals surface area (Å²) in [6.45, 7) is 1.57. The van der Waals surface area contributed by atoms with Crippen LogP contribution in [0.2, 0.25) is 0 Å². The Labute approximate surface area is 157 Å². The third kappa shape index (κ3) is 3.31. The van der Waals surface area contributed by atoms with Crippen molar-refractivity contribution in [3.63, 3.8) is 0 Å². The second-order valence-corrected chi connectivity index (χ2v) is 7.79. The van der Waals surface area contributed by atoms with Gasteiger partial charge in [-0.15, -0.1) is 0 Å². The lowest BCUT2D eigenvalue weighted by molar-refractivity contribution is -0.158. The van der Waals surface area contributed by atoms with Crippen LogP contribution in [-0.4, -0.2) is 55.3 Å². The van der Waals surface area contributed by atoms with Gasteiger partial charge in [-0.3, -0.25) is 28.2 Å². The zero-order valence-electron chi connectivity index (χ0n) is 14.7. The largest absolute Gasteiger partial charge is 0.472 e. The number of imidazole rings is 1. The molecule has 14 heteroatoms. The molecule has 2 aromatic rings. The van der Waals surface area contributed by atoms with E-state index in [1.807, 2.05) is 6.92 Å². The van der Waals surface area contributed by atoms with Gasteiger partial charge >= 0.3 is 13.8 Å². The summed E-state index contributed by atoms with van der Waals surface area (Å²) in [4.78, 5) is 44.2. The first-order valence-electron chi connectivity index (χ1n) is 8.52. The standard InChI is InChI=1S/C14H18N5O8P/c1-2-3-7(20)26-10-9-6(4-24-28(22,23)27-9)25-13(10)19-5-16-8-11(19)17-14(15)18-12(8)21/h5-6,9-10,13H,2-4H2,1H3,(H,22,23)(H3,15,17,18,21)/t6-,9-,10-,13-/m1/s1. The predicted octanol–water partition coefficient (Wildman–Crippen LogP) is -0.173. The number of anilines is 1. The van der Waals surface area contributed by atoms with E-state index in [0.717, 1.165) is 0 Å². The Hall–Kier alpha value is -2.31. The van der Waals surface area contributed by atoms with Gasteiger partial charge in [-0.05, 0) is 6.42 Å². The van der Waals surface area contributed by atoms with Crippen LogP contribution in [0.5, 0.6) is 0 Å². The molecule has 1 unspecified atom stereocenters. The van der Waals surface area contributed by atoms with Gasteiger partial charge in [0.15, 0.2) is 23.5 Å². The first-order valence-corrected chi connectivity index (χ1v) is 10.0. The highest BCUT2D eigenvalue weighted by atomic mass is 31.2. The number of nitrogens with one attached hydrogen (secondary N) is 1. The van der Waals surface area contributed by atoms with Gasteiger partial charge < -0.3 is 20.1 Å². The molecule has 2 saturated heterocycles. The maximum Gasteiger partial charge on any atom is 0.472 e. The number of H-pyrrole nitrogens is 1. The Bertz CT molecular complexity index is 1020. The van der Waals surface area contributed by atoms with Gasteiger partial charge in [0.1, 0.15) is 12.2 Å². The smallest absolute Gasteiger partial charge is 0.455 e. The van der Waals surface area contributed by atoms with Gasteiger partial charge in [-0.1, -0.05) is 6.92 Å². The number of nitrogens with two attached hydrogens (primary N) is 1. The van der Waals surface area contributed by atoms with Crippen LogP contribution in [0.4, 0.5) is 5.95 Å². The lowest BCUT2D eigenvalue weighted by atomic mass is 10.1. The van der Waals surface area contributed by atoms with Crippen LogP contribution < -0.4 is 11.3 Å². The molecular weight excluding hydrogens is 397 g/mol. The molecule has 2 fully saturated rings. The van der Waals surface area contributed by atoms with Crippen molar-refractivity contribution in [3.8, 4) is 0 Å². The predicted molar refractivity (Wildman–Crippen MR) is 91.9 cm³/mol. The minimum Gasteiger partial charge on any atom is -0.455 e. The van der Waals surface area contributed by atoms with Crippen molar-refractivity contribution < 1.29 is 32.8 Å². The van der Waals surface area contributed by atoms with E-state index in [9.17, 15) is 19.0 Å². The van der Waals surface area contributed by atoms with Gasteiger partial charge in [0.25, 0.3) is 5.56 Å². The summed E-state index contributed by atoms with van der Waals surface area (Å²) >= 11 is 0. The average molecular weight is 415 g/mol. The molecule has 0 spiro atoms. The van der Waals surface area contributed by atoms with Gasteiger partial charge in [0, 0.05) is 6.42 Å². The molecule has 2 aromatic heterocycles. The van der Waals surface area contributed by atoms with E-state index >= 15 is 0 Å². The van der Waals surface area contributed by atoms with E-state index in [2.05, 4.69) is 15.0 Å². The summed E-state index contributed by atoms with van der Waals surface area (Å²) in [6.07, 6.45) is -1.96. The number of fused-ring (bicyclic) bond motifs is 2. The number of aromatic nitrogens is 4. The SMILES string of the molecule is CCCC(=O)O[C@@H]1[C@@H]2OP(=O)(O)OC[C@H]2O[C@H]1n1cnc2c(=O)[nH]c(N)nc21. The van der Waals surface area contributed by atoms with Crippen molar-refractivity contribution in [3.05, 3.63) is 16.7 Å². The molecule has 0 amide bonds. The number of rotatable bonds is 4. The molecule has 2 aliphatic heterocycles. The minimum absolute atomic E-state index is 0.0105. The molecule has 152 valence electrons. The Morgan fingerprint density at radius 3 is 3.11 bits per heavy atom. The fraction of sp³-hybridized carbons (Fsp3) is 0.571. The van der Waals surface area contributed by atoms with E-state index < -0.39 is 43.9 Å². The van der Waals surface area contributed by atoms with Crippen LogP contribution in [0.25, 0.3) is 11.2 Å². The number of nitrogens with zero attached hydrogens (tertiary/aromatic N) is 3. The van der Waals surface area contributed by atoms with Gasteiger partial charge in [-0.25, -0.2) is 9.55 Å². The molecule has 4 rings (SSSR count). The first kappa shape index (κ1) is 19.0. The molecule has 5 atom stereocenters. The number of aromatic amines is 1. The Morgan fingerprint density at radius 1 is 1.57 bits per heavy atom. The number of phosphoric acid groups is 1. The van der Waals surface area contributed by atoms with Gasteiger partial charge in [-0.2, -0.15) is 4.98 Å². The summed E-state index contributed by atoms with van der Waals surface area (Å²) in [5.74, 6) is -0.659. The number of esters is 1. The Morgan fingerprint density at radius 2 is 2.36 bits per heavy atom. The molecular formula is C14H18N5O8P. The number of carbonyl (C=O) groups is 1. The highest BCUT2D eigenvalue weighted by Gasteiger charge is 2.55. The first-order chi connectivity index (χ1) is 13.3. The van der Waals surface area contributed by atoms with Crippen molar-refractivity contribution in [2.24, 2.45) is 0 Å². The van der Waals surface area contributed by atoms with E-state index in [1.165, 1.54) is 10.9 Å². The van der Waals surface area contributed by atoms with E-state index in [-0.39, 0.29) is 30.1 Å². The van der Waals surface area contributed by atoms with E-state index in [0.29, 0.717) is 6.42 Å². The second-order valence-electron chi connectivity index (χ2n) is 6.38. The number of hydrogen-bond acceptors (Lipinski definition) is 10. The quantitative estimate of drug-likeness (QED) is 0.445. The number of hydrogen-bond donors (Lipinski definition) is 3. The van der Waals surface area contributed by atoms with Crippen LogP contribution in [0, 0.1) is 0 Å². The highest BCUT2D eigenvalue weighted by Crippen LogP contribution is 2.53. The summed E-state index contributed by atoms with van der Waals surface area (Å²) < 4.78 is 34.5. The van der Waals surface area contributed by atoms with Crippen LogP contribution in [-0.2, 0) is 27.9 Å². The molecule has 4 N–H and O–H groups in total. The fourth-order valence-electron chi connectivity index (χ4n) is 3.21. The maximum absolute atomic E-state index is 12.1. The number of ether oxygens (including phenoxy) is 2. The summed E-state index contributed by atoms with van der Waals surface area (Å²) in [5, 5.41) is 0. The molecule has 4 heterocycles. The lowest BCUT2D eigenvalue weighted by Gasteiger charge is -2.29. The molecule has 0 saturated carbocycles. The average Bonchev–Trinajstić information content (AvgIpc) is 3.16. The van der Waals surface area contributed by atoms with Crippen LogP contribution in [0.1, 0.15) is 26.0 Å². The minimum atomic E-state index is -4.31. The molecule has 0 aliphatic carbocycles. The van der Waals surface area contributed by atoms with Crippen LogP contribution in [0.3, 0.4) is 0 Å². The van der Waals surface area contributed by atoms with Gasteiger partial charge in [0.05, 0.1) is 12.9 Å². The highest BCUT2D eigenvalue weighted by molar-refractivity contribution is 7.47. The second kappa shape index (κ2) is 6.94. The van der Waals surface area contributed by atoms with Gasteiger partial charge in [0.2, 0.25) is 5.95 Å². The monoisotopic (exact) mass is 415 g/mol. The topological polar surface area (TPSA) is 181 Å². The van der Waals surface area contributed by atoms with Crippen LogP contribution in [0.15, 0.2) is 11.1 Å². The Kier molecular flexibility index (Phi) is 4.71. The number of carbonyl (C=O) groups excluding carboxylic acids is 1. The van der Waals surface area contributed by atoms with Crippen LogP contribution >= 0.6 is 7.82 Å². The molecule has 0 radical (unpaired) electrons. The summed E-state index contributed by atoms with van der Waals surface area (Å²) in [7, 11) is -4.31. The third-order valence-electron chi connectivity index (χ3n) is 4.39. The zero-order valence-corrected chi connectivity index (χ0v) is 15.6. The van der Waals surface area contributed by atoms with E-state index in [4.69, 9.17) is 24.3 Å². The zero-order chi connectivity index (χ0) is 20.1. The summed E-state index contributed by atoms with van der Waals surface area (Å²) in [5.41, 5.74) is 5.18. The molecule has 2 aliphatic rings. The number of phosphoric ester groups is 1. The lowest BCUT2D eigenvalue weighted by Crippen LogP contribution is -2.41. The third-order valence-corrected chi connectivity index (χ3v) is 5.37. The Balaban J connectivity index is 1.75. The van der Waals surface area contributed by atoms with E-state index in [1.54, 1.807) is 0 Å². The molecule has 0 aromatic carbocycles.